The highest BCUT2D eigenvalue weighted by atomic mass is 19.1. The van der Waals surface area contributed by atoms with E-state index in [1.165, 1.54) is 6.07 Å². The number of halogens is 1. The Bertz CT molecular complexity index is 332. The molecule has 0 fully saturated rings. The van der Waals surface area contributed by atoms with Gasteiger partial charge in [0.05, 0.1) is 5.69 Å². The minimum atomic E-state index is -0.383. The van der Waals surface area contributed by atoms with Gasteiger partial charge in [-0.3, -0.25) is 0 Å². The summed E-state index contributed by atoms with van der Waals surface area (Å²) in [6.07, 6.45) is 0. The lowest BCUT2D eigenvalue weighted by Gasteiger charge is -1.94. The molecule has 2 N–H and O–H groups in total. The maximum atomic E-state index is 12.8. The van der Waals surface area contributed by atoms with Crippen molar-refractivity contribution >= 4 is 17.3 Å². The fraction of sp³-hybridized carbons (Fsp3) is 0. The summed E-state index contributed by atoms with van der Waals surface area (Å²) in [7, 11) is 0. The minimum Gasteiger partial charge on any atom is -0.368 e. The smallest absolute Gasteiger partial charge is 0.221 e. The van der Waals surface area contributed by atoms with Crippen LogP contribution in [0.1, 0.15) is 0 Å². The van der Waals surface area contributed by atoms with Crippen molar-refractivity contribution in [2.45, 2.75) is 0 Å². The molecule has 1 aliphatic heterocycles. The van der Waals surface area contributed by atoms with Crippen molar-refractivity contribution in [3.05, 3.63) is 24.0 Å². The molecule has 1 aliphatic rings. The average Bonchev–Trinajstić information content (AvgIpc) is 2.31. The number of nitrogens with two attached hydrogens (primary N) is 1. The third kappa shape index (κ3) is 0.832. The number of benzene rings is 1. The Kier molecular flexibility index (Phi) is 1.09. The van der Waals surface area contributed by atoms with Crippen molar-refractivity contribution in [3.8, 4) is 0 Å². The zero-order valence-corrected chi connectivity index (χ0v) is 5.58. The van der Waals surface area contributed by atoms with Crippen molar-refractivity contribution in [2.24, 2.45) is 10.7 Å². The zero-order chi connectivity index (χ0) is 7.84. The van der Waals surface area contributed by atoms with Crippen LogP contribution in [0.25, 0.3) is 0 Å². The molecule has 0 saturated heterocycles. The van der Waals surface area contributed by atoms with Gasteiger partial charge in [-0.25, -0.2) is 14.7 Å². The van der Waals surface area contributed by atoms with Crippen molar-refractivity contribution < 1.29 is 4.39 Å². The number of nitrogens with zero attached hydrogens (tertiary/aromatic N) is 2. The van der Waals surface area contributed by atoms with Crippen LogP contribution in [0.15, 0.2) is 23.2 Å². The van der Waals surface area contributed by atoms with Gasteiger partial charge in [-0.05, 0) is 12.1 Å². The summed E-state index contributed by atoms with van der Waals surface area (Å²) >= 11 is 0. The Labute approximate surface area is 62.7 Å². The van der Waals surface area contributed by atoms with E-state index in [0.717, 1.165) is 0 Å². The molecular weight excluding hydrogens is 145 g/mol. The van der Waals surface area contributed by atoms with Gasteiger partial charge < -0.3 is 5.73 Å². The normalized spacial score (nSPS) is 13.7. The molecule has 3 nitrogen and oxygen atoms in total. The van der Waals surface area contributed by atoms with Crippen LogP contribution in [0, 0.1) is 5.82 Å². The molecule has 1 aromatic rings. The van der Waals surface area contributed by atoms with Gasteiger partial charge in [0.1, 0.15) is 5.69 Å². The summed E-state index contributed by atoms with van der Waals surface area (Å²) < 4.78 is 12.8. The third-order valence-electron chi connectivity index (χ3n) is 1.43. The second kappa shape index (κ2) is 1.95. The van der Waals surface area contributed by atoms with Gasteiger partial charge in [-0.15, -0.1) is 0 Å². The fourth-order valence-corrected chi connectivity index (χ4v) is 0.968. The second-order valence-corrected chi connectivity index (χ2v) is 2.19. The van der Waals surface area contributed by atoms with E-state index >= 15 is 0 Å². The van der Waals surface area contributed by atoms with Gasteiger partial charge >= 0.3 is 0 Å². The lowest BCUT2D eigenvalue weighted by Crippen LogP contribution is -2.16. The SMILES string of the molecule is NC1=Nc2c(F)cccc2[N]1. The van der Waals surface area contributed by atoms with Crippen LogP contribution < -0.4 is 11.1 Å². The minimum absolute atomic E-state index is 0.116. The summed E-state index contributed by atoms with van der Waals surface area (Å²) in [5.74, 6) is -0.267. The zero-order valence-electron chi connectivity index (χ0n) is 5.58. The van der Waals surface area contributed by atoms with Gasteiger partial charge in [0, 0.05) is 0 Å². The highest BCUT2D eigenvalue weighted by Crippen LogP contribution is 2.31. The van der Waals surface area contributed by atoms with Crippen LogP contribution in [0.5, 0.6) is 0 Å². The number of aliphatic imine (C=N–C) groups is 1. The first-order chi connectivity index (χ1) is 5.27. The fourth-order valence-electron chi connectivity index (χ4n) is 0.968. The number of hydrogen-bond acceptors (Lipinski definition) is 2. The maximum Gasteiger partial charge on any atom is 0.221 e. The maximum absolute atomic E-state index is 12.8. The van der Waals surface area contributed by atoms with E-state index in [0.29, 0.717) is 5.69 Å². The van der Waals surface area contributed by atoms with Gasteiger partial charge in [0.2, 0.25) is 5.96 Å². The first kappa shape index (κ1) is 6.15. The summed E-state index contributed by atoms with van der Waals surface area (Å²) in [6.45, 7) is 0. The Morgan fingerprint density at radius 3 is 2.91 bits per heavy atom. The quantitative estimate of drug-likeness (QED) is 0.589. The van der Waals surface area contributed by atoms with E-state index in [4.69, 9.17) is 5.73 Å². The van der Waals surface area contributed by atoms with Crippen molar-refractivity contribution in [1.29, 1.82) is 0 Å². The molecule has 2 rings (SSSR count). The molecule has 0 aromatic heterocycles. The molecule has 0 saturated carbocycles. The predicted octanol–water partition coefficient (Wildman–Crippen LogP) is 1.02. The topological polar surface area (TPSA) is 52.5 Å². The predicted molar refractivity (Wildman–Crippen MR) is 39.5 cm³/mol. The van der Waals surface area contributed by atoms with Crippen LogP contribution in [-0.4, -0.2) is 5.96 Å². The lowest BCUT2D eigenvalue weighted by molar-refractivity contribution is 0.631. The van der Waals surface area contributed by atoms with Crippen LogP contribution in [0.4, 0.5) is 15.8 Å². The van der Waals surface area contributed by atoms with Crippen molar-refractivity contribution in [1.82, 2.24) is 5.32 Å². The molecule has 11 heavy (non-hydrogen) atoms. The summed E-state index contributed by atoms with van der Waals surface area (Å²) in [5, 5.41) is 3.80. The number of para-hydroxylation sites is 1. The van der Waals surface area contributed by atoms with Gasteiger partial charge in [-0.1, -0.05) is 6.07 Å². The van der Waals surface area contributed by atoms with Crippen LogP contribution in [0.2, 0.25) is 0 Å². The van der Waals surface area contributed by atoms with Crippen molar-refractivity contribution in [2.75, 3.05) is 0 Å². The standard InChI is InChI=1S/C7H5FN3/c8-4-2-1-3-5-6(4)11-7(9)10-5/h1-3H,(H2,9,11). The molecule has 1 radical (unpaired) electrons. The molecule has 0 bridgehead atoms. The Hall–Kier alpha value is -1.58. The van der Waals surface area contributed by atoms with E-state index in [2.05, 4.69) is 10.3 Å². The average molecular weight is 150 g/mol. The Morgan fingerprint density at radius 2 is 2.18 bits per heavy atom. The second-order valence-electron chi connectivity index (χ2n) is 2.19. The highest BCUT2D eigenvalue weighted by Gasteiger charge is 2.15. The highest BCUT2D eigenvalue weighted by molar-refractivity contribution is 5.93. The molecule has 0 atom stereocenters. The summed E-state index contributed by atoms with van der Waals surface area (Å²) in [4.78, 5) is 3.70. The number of fused-ring (bicyclic) bond motifs is 1. The van der Waals surface area contributed by atoms with Gasteiger partial charge in [0.15, 0.2) is 5.82 Å². The molecule has 1 heterocycles. The molecule has 4 heteroatoms. The molecular formula is C7H5FN3. The summed E-state index contributed by atoms with van der Waals surface area (Å²) in [6, 6.07) is 4.57. The number of hydrogen-bond donors (Lipinski definition) is 1. The number of guanidine groups is 1. The number of rotatable bonds is 0. The van der Waals surface area contributed by atoms with Gasteiger partial charge in [0.25, 0.3) is 0 Å². The van der Waals surface area contributed by atoms with Gasteiger partial charge in [-0.2, -0.15) is 0 Å². The van der Waals surface area contributed by atoms with E-state index < -0.39 is 0 Å². The molecule has 0 spiro atoms. The van der Waals surface area contributed by atoms with E-state index in [9.17, 15) is 4.39 Å². The Balaban J connectivity index is 2.61. The first-order valence-electron chi connectivity index (χ1n) is 3.12. The van der Waals surface area contributed by atoms with E-state index in [-0.39, 0.29) is 17.5 Å². The third-order valence-corrected chi connectivity index (χ3v) is 1.43. The molecule has 1 aromatic carbocycles. The first-order valence-corrected chi connectivity index (χ1v) is 3.12. The molecule has 55 valence electrons. The Morgan fingerprint density at radius 1 is 1.36 bits per heavy atom. The van der Waals surface area contributed by atoms with Crippen LogP contribution in [0.3, 0.4) is 0 Å². The molecule has 0 amide bonds. The molecule has 0 unspecified atom stereocenters. The van der Waals surface area contributed by atoms with Crippen LogP contribution in [-0.2, 0) is 0 Å². The van der Waals surface area contributed by atoms with E-state index in [1.807, 2.05) is 0 Å². The summed E-state index contributed by atoms with van der Waals surface area (Å²) in [5.41, 5.74) is 6.01. The monoisotopic (exact) mass is 150 g/mol. The van der Waals surface area contributed by atoms with Crippen molar-refractivity contribution in [3.63, 3.8) is 0 Å². The van der Waals surface area contributed by atoms with Crippen LogP contribution >= 0.6 is 0 Å². The largest absolute Gasteiger partial charge is 0.368 e. The molecule has 0 aliphatic carbocycles. The van der Waals surface area contributed by atoms with E-state index in [1.54, 1.807) is 12.1 Å². The lowest BCUT2D eigenvalue weighted by atomic mass is 10.3.